The number of halogens is 3. The molecule has 0 N–H and O–H groups in total. The van der Waals surface area contributed by atoms with Gasteiger partial charge in [-0.05, 0) is 24.3 Å². The number of hydrogen-bond acceptors (Lipinski definition) is 4. The third-order valence-corrected chi connectivity index (χ3v) is 2.95. The zero-order valence-electron chi connectivity index (χ0n) is 8.77. The third-order valence-electron chi connectivity index (χ3n) is 1.97. The number of benzene rings is 1. The van der Waals surface area contributed by atoms with Gasteiger partial charge in [-0.3, -0.25) is 4.79 Å². The highest BCUT2D eigenvalue weighted by Gasteiger charge is 2.30. The van der Waals surface area contributed by atoms with Crippen molar-refractivity contribution in [3.63, 3.8) is 0 Å². The largest absolute Gasteiger partial charge is 0.573 e. The van der Waals surface area contributed by atoms with Gasteiger partial charge in [-0.15, -0.1) is 24.5 Å². The van der Waals surface area contributed by atoms with Crippen LogP contribution in [0.15, 0.2) is 30.5 Å². The molecule has 0 saturated heterocycles. The first kappa shape index (κ1) is 12.6. The number of carbonyl (C=O) groups excluding carboxylic acids is 1. The second kappa shape index (κ2) is 4.77. The molecule has 0 amide bonds. The number of carbonyl (C=O) groups is 1. The molecule has 0 radical (unpaired) electrons. The molecule has 0 atom stereocenters. The van der Waals surface area contributed by atoms with Crippen molar-refractivity contribution in [2.24, 2.45) is 0 Å². The molecule has 7 heteroatoms. The average Bonchev–Trinajstić information content (AvgIpc) is 2.76. The van der Waals surface area contributed by atoms with Gasteiger partial charge in [-0.25, -0.2) is 4.98 Å². The van der Waals surface area contributed by atoms with Crippen LogP contribution in [0.2, 0.25) is 0 Å². The number of rotatable bonds is 3. The standard InChI is InChI=1S/C11H6F3NO2S/c12-11(13,14)17-8-3-1-7(2-4-8)10-15-5-9(6-16)18-10/h1-6H. The van der Waals surface area contributed by atoms with Gasteiger partial charge < -0.3 is 4.74 Å². The lowest BCUT2D eigenvalue weighted by Crippen LogP contribution is -2.16. The van der Waals surface area contributed by atoms with Crippen molar-refractivity contribution >= 4 is 17.6 Å². The van der Waals surface area contributed by atoms with Crippen LogP contribution in [-0.2, 0) is 0 Å². The Morgan fingerprint density at radius 1 is 1.22 bits per heavy atom. The highest BCUT2D eigenvalue weighted by Crippen LogP contribution is 2.28. The summed E-state index contributed by atoms with van der Waals surface area (Å²) in [4.78, 5) is 14.9. The van der Waals surface area contributed by atoms with Crippen molar-refractivity contribution in [1.82, 2.24) is 4.98 Å². The van der Waals surface area contributed by atoms with E-state index in [4.69, 9.17) is 0 Å². The predicted molar refractivity (Wildman–Crippen MR) is 59.6 cm³/mol. The quantitative estimate of drug-likeness (QED) is 0.803. The molecule has 2 rings (SSSR count). The summed E-state index contributed by atoms with van der Waals surface area (Å²) < 4.78 is 39.6. The fraction of sp³-hybridized carbons (Fsp3) is 0.0909. The Bertz CT molecular complexity index is 548. The van der Waals surface area contributed by atoms with Crippen molar-refractivity contribution in [3.8, 4) is 16.3 Å². The van der Waals surface area contributed by atoms with Crippen LogP contribution in [0.1, 0.15) is 9.67 Å². The monoisotopic (exact) mass is 273 g/mol. The van der Waals surface area contributed by atoms with Crippen molar-refractivity contribution in [1.29, 1.82) is 0 Å². The fourth-order valence-corrected chi connectivity index (χ4v) is 2.01. The molecule has 0 fully saturated rings. The first-order valence-corrected chi connectivity index (χ1v) is 5.57. The van der Waals surface area contributed by atoms with Gasteiger partial charge in [0.1, 0.15) is 10.8 Å². The van der Waals surface area contributed by atoms with Crippen molar-refractivity contribution in [2.45, 2.75) is 6.36 Å². The summed E-state index contributed by atoms with van der Waals surface area (Å²) in [5.41, 5.74) is 0.627. The normalized spacial score (nSPS) is 11.3. The number of alkyl halides is 3. The summed E-state index contributed by atoms with van der Waals surface area (Å²) in [7, 11) is 0. The number of nitrogens with zero attached hydrogens (tertiary/aromatic N) is 1. The summed E-state index contributed by atoms with van der Waals surface area (Å²) in [5, 5.41) is 0.565. The second-order valence-corrected chi connectivity index (χ2v) is 4.32. The Morgan fingerprint density at radius 2 is 1.89 bits per heavy atom. The van der Waals surface area contributed by atoms with Gasteiger partial charge in [-0.1, -0.05) is 0 Å². The van der Waals surface area contributed by atoms with Gasteiger partial charge in [-0.2, -0.15) is 0 Å². The van der Waals surface area contributed by atoms with Crippen molar-refractivity contribution in [2.75, 3.05) is 0 Å². The van der Waals surface area contributed by atoms with Gasteiger partial charge in [0.05, 0.1) is 4.88 Å². The van der Waals surface area contributed by atoms with E-state index in [0.717, 1.165) is 11.3 Å². The van der Waals surface area contributed by atoms with Crippen LogP contribution >= 0.6 is 11.3 Å². The van der Waals surface area contributed by atoms with Crippen LogP contribution in [0.3, 0.4) is 0 Å². The summed E-state index contributed by atoms with van der Waals surface area (Å²) in [5.74, 6) is -0.293. The maximum Gasteiger partial charge on any atom is 0.573 e. The van der Waals surface area contributed by atoms with E-state index in [0.29, 0.717) is 21.7 Å². The molecular weight excluding hydrogens is 267 g/mol. The SMILES string of the molecule is O=Cc1cnc(-c2ccc(OC(F)(F)F)cc2)s1. The maximum absolute atomic E-state index is 11.9. The van der Waals surface area contributed by atoms with Gasteiger partial charge >= 0.3 is 6.36 Å². The van der Waals surface area contributed by atoms with Crippen molar-refractivity contribution < 1.29 is 22.7 Å². The number of thiazole rings is 1. The first-order chi connectivity index (χ1) is 8.48. The van der Waals surface area contributed by atoms with Crippen LogP contribution in [0.4, 0.5) is 13.2 Å². The van der Waals surface area contributed by atoms with E-state index in [-0.39, 0.29) is 5.75 Å². The molecule has 0 bridgehead atoms. The van der Waals surface area contributed by atoms with Crippen LogP contribution in [-0.4, -0.2) is 17.6 Å². The highest BCUT2D eigenvalue weighted by molar-refractivity contribution is 7.16. The Labute approximate surface area is 104 Å². The number of ether oxygens (including phenoxy) is 1. The molecule has 1 aromatic heterocycles. The lowest BCUT2D eigenvalue weighted by atomic mass is 10.2. The lowest BCUT2D eigenvalue weighted by molar-refractivity contribution is -0.274. The van der Waals surface area contributed by atoms with Gasteiger partial charge in [0, 0.05) is 11.8 Å². The molecule has 0 aliphatic heterocycles. The van der Waals surface area contributed by atoms with Gasteiger partial charge in [0.15, 0.2) is 6.29 Å². The Hall–Kier alpha value is -1.89. The topological polar surface area (TPSA) is 39.2 Å². The smallest absolute Gasteiger partial charge is 0.406 e. The summed E-state index contributed by atoms with van der Waals surface area (Å²) >= 11 is 1.16. The van der Waals surface area contributed by atoms with E-state index in [2.05, 4.69) is 9.72 Å². The number of aromatic nitrogens is 1. The number of hydrogen-bond donors (Lipinski definition) is 0. The van der Waals surface area contributed by atoms with E-state index >= 15 is 0 Å². The Kier molecular flexibility index (Phi) is 3.33. The molecule has 1 aromatic carbocycles. The minimum Gasteiger partial charge on any atom is -0.406 e. The zero-order valence-corrected chi connectivity index (χ0v) is 9.59. The van der Waals surface area contributed by atoms with Gasteiger partial charge in [0.25, 0.3) is 0 Å². The van der Waals surface area contributed by atoms with Gasteiger partial charge in [0.2, 0.25) is 0 Å². The molecule has 0 spiro atoms. The molecule has 3 nitrogen and oxygen atoms in total. The first-order valence-electron chi connectivity index (χ1n) is 4.75. The lowest BCUT2D eigenvalue weighted by Gasteiger charge is -2.08. The minimum absolute atomic E-state index is 0.293. The minimum atomic E-state index is -4.70. The summed E-state index contributed by atoms with van der Waals surface area (Å²) in [6.45, 7) is 0. The summed E-state index contributed by atoms with van der Waals surface area (Å²) in [6, 6.07) is 5.30. The zero-order chi connectivity index (χ0) is 13.2. The highest BCUT2D eigenvalue weighted by atomic mass is 32.1. The number of aldehydes is 1. The molecule has 18 heavy (non-hydrogen) atoms. The maximum atomic E-state index is 11.9. The summed E-state index contributed by atoms with van der Waals surface area (Å²) in [6.07, 6.45) is -2.62. The molecule has 1 heterocycles. The van der Waals surface area contributed by atoms with Crippen molar-refractivity contribution in [3.05, 3.63) is 35.3 Å². The molecule has 94 valence electrons. The fourth-order valence-electron chi connectivity index (χ4n) is 1.27. The second-order valence-electron chi connectivity index (χ2n) is 3.26. The van der Waals surface area contributed by atoms with E-state index < -0.39 is 6.36 Å². The van der Waals surface area contributed by atoms with E-state index in [9.17, 15) is 18.0 Å². The Morgan fingerprint density at radius 3 is 2.39 bits per heavy atom. The molecule has 0 aliphatic rings. The molecule has 0 unspecified atom stereocenters. The van der Waals surface area contributed by atoms with Crippen LogP contribution in [0.25, 0.3) is 10.6 Å². The van der Waals surface area contributed by atoms with E-state index in [1.165, 1.54) is 30.5 Å². The van der Waals surface area contributed by atoms with Crippen LogP contribution in [0.5, 0.6) is 5.75 Å². The van der Waals surface area contributed by atoms with E-state index in [1.807, 2.05) is 0 Å². The Balaban J connectivity index is 2.19. The predicted octanol–water partition coefficient (Wildman–Crippen LogP) is 3.52. The van der Waals surface area contributed by atoms with Crippen LogP contribution < -0.4 is 4.74 Å². The molecule has 2 aromatic rings. The average molecular weight is 273 g/mol. The molecular formula is C11H6F3NO2S. The van der Waals surface area contributed by atoms with E-state index in [1.54, 1.807) is 0 Å². The van der Waals surface area contributed by atoms with Crippen LogP contribution in [0, 0.1) is 0 Å². The molecule has 0 saturated carbocycles. The third kappa shape index (κ3) is 3.07. The molecule has 0 aliphatic carbocycles.